The maximum absolute atomic E-state index is 14.0. The van der Waals surface area contributed by atoms with E-state index in [2.05, 4.69) is 41.1 Å². The van der Waals surface area contributed by atoms with Crippen LogP contribution in [0, 0.1) is 0 Å². The number of benzene rings is 2. The Hall–Kier alpha value is -2.60. The summed E-state index contributed by atoms with van der Waals surface area (Å²) in [6.07, 6.45) is 4.46. The third-order valence-electron chi connectivity index (χ3n) is 7.07. The van der Waals surface area contributed by atoms with E-state index in [0.717, 1.165) is 45.0 Å². The van der Waals surface area contributed by atoms with E-state index in [4.69, 9.17) is 4.74 Å². The maximum atomic E-state index is 14.0. The predicted molar refractivity (Wildman–Crippen MR) is 144 cm³/mol. The highest BCUT2D eigenvalue weighted by molar-refractivity contribution is 9.10. The number of halogens is 1. The Labute approximate surface area is 215 Å². The quantitative estimate of drug-likeness (QED) is 0.362. The number of ether oxygens (including phenoxy) is 1. The number of pyridine rings is 1. The second-order valence-electron chi connectivity index (χ2n) is 10.8. The van der Waals surface area contributed by atoms with Gasteiger partial charge in [0.1, 0.15) is 5.60 Å². The van der Waals surface area contributed by atoms with Crippen molar-refractivity contribution in [2.75, 3.05) is 6.54 Å². The van der Waals surface area contributed by atoms with E-state index in [1.54, 1.807) is 4.90 Å². The van der Waals surface area contributed by atoms with Gasteiger partial charge in [0.2, 0.25) is 0 Å². The molecule has 1 saturated heterocycles. The van der Waals surface area contributed by atoms with Crippen molar-refractivity contribution in [1.29, 1.82) is 0 Å². The van der Waals surface area contributed by atoms with Gasteiger partial charge >= 0.3 is 6.09 Å². The highest BCUT2D eigenvalue weighted by Gasteiger charge is 2.36. The molecule has 0 radical (unpaired) electrons. The van der Waals surface area contributed by atoms with E-state index in [9.17, 15) is 9.59 Å². The van der Waals surface area contributed by atoms with E-state index in [1.807, 2.05) is 49.6 Å². The molecular formula is C29H33BrN2O3. The average Bonchev–Trinajstić information content (AvgIpc) is 3.60. The molecule has 1 unspecified atom stereocenters. The van der Waals surface area contributed by atoms with Gasteiger partial charge in [0.05, 0.1) is 5.69 Å². The van der Waals surface area contributed by atoms with E-state index >= 15 is 0 Å². The van der Waals surface area contributed by atoms with Gasteiger partial charge in [0.15, 0.2) is 0 Å². The standard InChI is InChI=1S/C29H33BrN2O3/c1-5-23-25(30)7-6-8-26(23)32-22(17-21-13-14-31(21)28(34)35-29(2,3)4)16-20-15-19(18-9-10-18)11-12-24(20)27(32)33/h6-8,11-12,15-16,18,21H,5,9-10,13-14,17H2,1-4H3. The fourth-order valence-electron chi connectivity index (χ4n) is 5.04. The summed E-state index contributed by atoms with van der Waals surface area (Å²) in [7, 11) is 0. The largest absolute Gasteiger partial charge is 0.444 e. The maximum Gasteiger partial charge on any atom is 0.410 e. The third kappa shape index (κ3) is 4.77. The van der Waals surface area contributed by atoms with E-state index < -0.39 is 5.60 Å². The summed E-state index contributed by atoms with van der Waals surface area (Å²) in [4.78, 5) is 28.5. The number of carbonyl (C=O) groups is 1. The van der Waals surface area contributed by atoms with Crippen molar-refractivity contribution in [3.63, 3.8) is 0 Å². The predicted octanol–water partition coefficient (Wildman–Crippen LogP) is 6.74. The number of nitrogens with zero attached hydrogens (tertiary/aromatic N) is 2. The van der Waals surface area contributed by atoms with Crippen molar-refractivity contribution in [3.05, 3.63) is 74.1 Å². The van der Waals surface area contributed by atoms with Gasteiger partial charge < -0.3 is 9.64 Å². The van der Waals surface area contributed by atoms with Crippen molar-refractivity contribution < 1.29 is 9.53 Å². The Morgan fingerprint density at radius 3 is 2.51 bits per heavy atom. The molecule has 1 aliphatic heterocycles. The fraction of sp³-hybridized carbons (Fsp3) is 0.448. The van der Waals surface area contributed by atoms with Gasteiger partial charge in [-0.25, -0.2) is 4.79 Å². The topological polar surface area (TPSA) is 51.5 Å². The number of carbonyl (C=O) groups excluding carboxylic acids is 1. The molecule has 2 fully saturated rings. The Balaban J connectivity index is 1.61. The highest BCUT2D eigenvalue weighted by Crippen LogP contribution is 2.41. The molecule has 5 rings (SSSR count). The Morgan fingerprint density at radius 1 is 1.11 bits per heavy atom. The van der Waals surface area contributed by atoms with Crippen molar-refractivity contribution in [3.8, 4) is 5.69 Å². The lowest BCUT2D eigenvalue weighted by Crippen LogP contribution is -2.54. The van der Waals surface area contributed by atoms with Crippen molar-refractivity contribution in [2.45, 2.75) is 77.4 Å². The molecule has 1 atom stereocenters. The summed E-state index contributed by atoms with van der Waals surface area (Å²) >= 11 is 3.68. The van der Waals surface area contributed by atoms with Crippen molar-refractivity contribution in [2.24, 2.45) is 0 Å². The molecule has 1 saturated carbocycles. The number of aromatic nitrogens is 1. The zero-order valence-corrected chi connectivity index (χ0v) is 22.5. The molecule has 0 N–H and O–H groups in total. The van der Waals surface area contributed by atoms with Gasteiger partial charge in [0.25, 0.3) is 5.56 Å². The van der Waals surface area contributed by atoms with Gasteiger partial charge in [-0.1, -0.05) is 41.1 Å². The monoisotopic (exact) mass is 536 g/mol. The fourth-order valence-corrected chi connectivity index (χ4v) is 5.67. The average molecular weight is 537 g/mol. The summed E-state index contributed by atoms with van der Waals surface area (Å²) in [5.41, 5.74) is 3.71. The van der Waals surface area contributed by atoms with Gasteiger partial charge in [-0.15, -0.1) is 0 Å². The molecule has 35 heavy (non-hydrogen) atoms. The van der Waals surface area contributed by atoms with E-state index in [-0.39, 0.29) is 17.7 Å². The zero-order chi connectivity index (χ0) is 24.9. The number of amides is 1. The summed E-state index contributed by atoms with van der Waals surface area (Å²) in [6, 6.07) is 14.5. The summed E-state index contributed by atoms with van der Waals surface area (Å²) < 4.78 is 8.50. The van der Waals surface area contributed by atoms with Crippen molar-refractivity contribution in [1.82, 2.24) is 9.47 Å². The van der Waals surface area contributed by atoms with Gasteiger partial charge in [-0.2, -0.15) is 0 Å². The molecule has 6 heteroatoms. The lowest BCUT2D eigenvalue weighted by atomic mass is 9.96. The molecule has 1 aliphatic carbocycles. The normalized spacial score (nSPS) is 18.0. The van der Waals surface area contributed by atoms with E-state index in [0.29, 0.717) is 18.9 Å². The van der Waals surface area contributed by atoms with Crippen LogP contribution in [0.2, 0.25) is 0 Å². The molecule has 2 heterocycles. The summed E-state index contributed by atoms with van der Waals surface area (Å²) in [5, 5.41) is 1.72. The number of fused-ring (bicyclic) bond motifs is 1. The number of rotatable bonds is 5. The van der Waals surface area contributed by atoms with Crippen LogP contribution in [0.4, 0.5) is 4.79 Å². The molecule has 0 spiro atoms. The molecule has 5 nitrogen and oxygen atoms in total. The Morgan fingerprint density at radius 2 is 1.89 bits per heavy atom. The van der Waals surface area contributed by atoms with Crippen LogP contribution in [0.25, 0.3) is 16.5 Å². The minimum absolute atomic E-state index is 0.00390. The number of likely N-dealkylation sites (tertiary alicyclic amines) is 1. The smallest absolute Gasteiger partial charge is 0.410 e. The third-order valence-corrected chi connectivity index (χ3v) is 7.82. The van der Waals surface area contributed by atoms with Crippen LogP contribution < -0.4 is 5.56 Å². The van der Waals surface area contributed by atoms with Crippen LogP contribution in [0.5, 0.6) is 0 Å². The number of hydrogen-bond donors (Lipinski definition) is 0. The molecule has 3 aromatic rings. The van der Waals surface area contributed by atoms with Crippen LogP contribution in [0.15, 0.2) is 51.7 Å². The second-order valence-corrected chi connectivity index (χ2v) is 11.7. The summed E-state index contributed by atoms with van der Waals surface area (Å²) in [6.45, 7) is 8.45. The highest BCUT2D eigenvalue weighted by atomic mass is 79.9. The molecular weight excluding hydrogens is 504 g/mol. The first kappa shape index (κ1) is 24.1. The second kappa shape index (κ2) is 9.12. The summed E-state index contributed by atoms with van der Waals surface area (Å²) in [5.74, 6) is 0.622. The van der Waals surface area contributed by atoms with E-state index in [1.165, 1.54) is 18.4 Å². The van der Waals surface area contributed by atoms with Crippen LogP contribution in [-0.4, -0.2) is 33.7 Å². The minimum Gasteiger partial charge on any atom is -0.444 e. The van der Waals surface area contributed by atoms with Gasteiger partial charge in [-0.05, 0) is 93.2 Å². The Kier molecular flexibility index (Phi) is 6.28. The van der Waals surface area contributed by atoms with Crippen LogP contribution in [0.3, 0.4) is 0 Å². The number of hydrogen-bond acceptors (Lipinski definition) is 3. The molecule has 2 aromatic carbocycles. The minimum atomic E-state index is -0.534. The van der Waals surface area contributed by atoms with Crippen LogP contribution in [0.1, 0.15) is 69.7 Å². The molecule has 1 amide bonds. The lowest BCUT2D eigenvalue weighted by Gasteiger charge is -2.41. The molecule has 1 aromatic heterocycles. The lowest BCUT2D eigenvalue weighted by molar-refractivity contribution is -0.00521. The zero-order valence-electron chi connectivity index (χ0n) is 20.9. The molecule has 0 bridgehead atoms. The van der Waals surface area contributed by atoms with Gasteiger partial charge in [-0.3, -0.25) is 9.36 Å². The first-order valence-electron chi connectivity index (χ1n) is 12.6. The SMILES string of the molecule is CCc1c(Br)cccc1-n1c(CC2CCN2C(=O)OC(C)(C)C)cc2cc(C3CC3)ccc2c1=O. The van der Waals surface area contributed by atoms with Gasteiger partial charge in [0, 0.05) is 34.6 Å². The van der Waals surface area contributed by atoms with Crippen LogP contribution in [-0.2, 0) is 17.6 Å². The first-order valence-corrected chi connectivity index (χ1v) is 13.4. The van der Waals surface area contributed by atoms with Crippen molar-refractivity contribution >= 4 is 32.8 Å². The molecule has 2 aliphatic rings. The first-order chi connectivity index (χ1) is 16.7. The van der Waals surface area contributed by atoms with Crippen LogP contribution >= 0.6 is 15.9 Å². The molecule has 184 valence electrons. The Bertz CT molecular complexity index is 1350.